The van der Waals surface area contributed by atoms with Crippen LogP contribution >= 0.6 is 0 Å². The van der Waals surface area contributed by atoms with Crippen molar-refractivity contribution in [1.82, 2.24) is 19.6 Å². The molecule has 6 aliphatic rings. The van der Waals surface area contributed by atoms with Gasteiger partial charge in [-0.1, -0.05) is 46.6 Å². The zero-order valence-corrected chi connectivity index (χ0v) is 45.9. The van der Waals surface area contributed by atoms with Gasteiger partial charge in [0.25, 0.3) is 11.8 Å². The van der Waals surface area contributed by atoms with Crippen molar-refractivity contribution in [2.75, 3.05) is 58.8 Å². The van der Waals surface area contributed by atoms with E-state index in [1.165, 1.54) is 4.90 Å². The highest BCUT2D eigenvalue weighted by atomic mass is 16.6. The van der Waals surface area contributed by atoms with Crippen LogP contribution in [0.3, 0.4) is 0 Å². The molecule has 6 aliphatic heterocycles. The minimum atomic E-state index is -3.74. The van der Waals surface area contributed by atoms with Crippen LogP contribution in [0.15, 0.2) is 58.7 Å². The molecule has 0 unspecified atom stereocenters. The van der Waals surface area contributed by atoms with Gasteiger partial charge in [0.2, 0.25) is 0 Å². The first-order valence-electron chi connectivity index (χ1n) is 34.6. The second-order valence-corrected chi connectivity index (χ2v) is 21.6. The zero-order chi connectivity index (χ0) is 71.1. The number of carboxylic acid groups (broad SMARTS) is 1. The fraction of sp³-hybridized carbons (Fsp3) is 0.590. The van der Waals surface area contributed by atoms with Crippen molar-refractivity contribution in [2.45, 2.75) is 175 Å². The number of carbonyl (C=O) groups is 5. The molecule has 2 saturated heterocycles. The molecule has 18 heteroatoms. The Morgan fingerprint density at radius 1 is 0.671 bits per heavy atom. The fourth-order valence-corrected chi connectivity index (χ4v) is 10.4. The van der Waals surface area contributed by atoms with Crippen molar-refractivity contribution >= 4 is 30.0 Å². The molecule has 5 atom stereocenters. The van der Waals surface area contributed by atoms with Gasteiger partial charge in [0.05, 0.1) is 84.6 Å². The number of allylic oxidation sites excluding steroid dienone is 8. The van der Waals surface area contributed by atoms with Gasteiger partial charge in [-0.25, -0.2) is 14.4 Å². The molecule has 8 rings (SSSR count). The predicted molar refractivity (Wildman–Crippen MR) is 296 cm³/mol. The summed E-state index contributed by atoms with van der Waals surface area (Å²) in [6, 6.07) is 0.405. The first kappa shape index (κ1) is 40.9. The van der Waals surface area contributed by atoms with E-state index in [0.29, 0.717) is 12.8 Å². The van der Waals surface area contributed by atoms with Crippen molar-refractivity contribution in [3.8, 4) is 23.0 Å². The standard InChI is InChI=1S/C61H82N4O14/c1-38(2)14-9-16-40(5)18-11-21-60(7)51(66)34-44-49(76-58(72)62-24-28-74-29-25-62)32-42-46(53(44)78-60)36-64(55(42)68)23-13-20-48(57(70)71)65-37-47-43(56(65)69)33-50(77-59(73)63-26-30-75-31-27-63)45-35-52(67)61(8,79-54(45)47)22-12-19-41(6)17-10-15-39(3)4/h14-15,18-19,32-33,48,51-52,66-67H,9-13,16-17,20-31,34-37H2,1-8H3,(H,70,71)/b40-18+,41-19+/t48-,51-,52-,60+,61+/m0/s1/i24D2,25D2,26D2,27D2,28D2,29D2,30D2,31D2. The molecule has 2 aromatic rings. The molecule has 2 fully saturated rings. The molecule has 430 valence electrons. The number of aliphatic hydroxyl groups is 2. The van der Waals surface area contributed by atoms with Gasteiger partial charge in [0.1, 0.15) is 40.2 Å². The molecule has 4 amide bonds. The third-order valence-corrected chi connectivity index (χ3v) is 15.1. The van der Waals surface area contributed by atoms with Gasteiger partial charge < -0.3 is 63.3 Å². The van der Waals surface area contributed by atoms with E-state index in [1.54, 1.807) is 13.8 Å². The van der Waals surface area contributed by atoms with E-state index in [9.17, 15) is 39.3 Å². The van der Waals surface area contributed by atoms with Crippen LogP contribution in [0.2, 0.25) is 0 Å². The molecule has 0 saturated carbocycles. The highest BCUT2D eigenvalue weighted by Crippen LogP contribution is 2.49. The van der Waals surface area contributed by atoms with Crippen LogP contribution in [0, 0.1) is 0 Å². The zero-order valence-electron chi connectivity index (χ0n) is 61.9. The van der Waals surface area contributed by atoms with Crippen LogP contribution < -0.4 is 18.9 Å². The number of carboxylic acids is 1. The summed E-state index contributed by atoms with van der Waals surface area (Å²) < 4.78 is 167. The van der Waals surface area contributed by atoms with Crippen molar-refractivity contribution in [2.24, 2.45) is 0 Å². The topological polar surface area (TPSA) is 214 Å². The average molecular weight is 1110 g/mol. The Morgan fingerprint density at radius 3 is 1.56 bits per heavy atom. The Hall–Kier alpha value is -6.21. The predicted octanol–water partition coefficient (Wildman–Crippen LogP) is 9.25. The maximum Gasteiger partial charge on any atom is 0.415 e. The number of morpholine rings is 2. The Balaban J connectivity index is 1.09. The number of benzene rings is 2. The molecule has 2 aromatic carbocycles. The number of rotatable bonds is 20. The number of hydrogen-bond donors (Lipinski definition) is 3. The smallest absolute Gasteiger partial charge is 0.415 e. The number of nitrogens with zero attached hydrogens (tertiary/aromatic N) is 4. The minimum absolute atomic E-state index is 0.0337. The molecular formula is C61H82N4O14. The lowest BCUT2D eigenvalue weighted by molar-refractivity contribution is -0.142. The molecule has 79 heavy (non-hydrogen) atoms. The first-order valence-corrected chi connectivity index (χ1v) is 26.6. The molecule has 6 heterocycles. The molecule has 0 spiro atoms. The van der Waals surface area contributed by atoms with E-state index >= 15 is 0 Å². The van der Waals surface area contributed by atoms with Crippen LogP contribution in [0.25, 0.3) is 0 Å². The van der Waals surface area contributed by atoms with E-state index in [4.69, 9.17) is 40.9 Å². The van der Waals surface area contributed by atoms with Crippen molar-refractivity contribution < 1.29 is 89.6 Å². The number of aliphatic carboxylic acids is 1. The lowest BCUT2D eigenvalue weighted by atomic mass is 9.84. The maximum absolute atomic E-state index is 14.8. The normalized spacial score (nSPS) is 31.3. The van der Waals surface area contributed by atoms with E-state index in [-0.39, 0.29) is 96.5 Å². The highest BCUT2D eigenvalue weighted by molar-refractivity contribution is 6.02. The third kappa shape index (κ3) is 13.7. The van der Waals surface area contributed by atoms with Gasteiger partial charge in [0, 0.05) is 67.6 Å². The molecular weight excluding hydrogens is 1010 g/mol. The number of ether oxygens (including phenoxy) is 6. The number of hydrogen-bond acceptors (Lipinski definition) is 13. The van der Waals surface area contributed by atoms with Gasteiger partial charge >= 0.3 is 18.2 Å². The summed E-state index contributed by atoms with van der Waals surface area (Å²) in [5, 5.41) is 34.6. The lowest BCUT2D eigenvalue weighted by Gasteiger charge is -2.41. The quantitative estimate of drug-likeness (QED) is 0.105. The van der Waals surface area contributed by atoms with E-state index < -0.39 is 139 Å². The summed E-state index contributed by atoms with van der Waals surface area (Å²) in [5.74, 6) is -4.52. The minimum Gasteiger partial charge on any atom is -0.484 e. The Labute approximate surface area is 487 Å². The second-order valence-electron chi connectivity index (χ2n) is 21.6. The average Bonchev–Trinajstić information content (AvgIpc) is 1.44. The monoisotopic (exact) mass is 1110 g/mol. The molecule has 0 aromatic heterocycles. The molecule has 0 aliphatic carbocycles. The Bertz CT molecular complexity index is 3480. The molecule has 18 nitrogen and oxygen atoms in total. The van der Waals surface area contributed by atoms with Crippen molar-refractivity contribution in [3.63, 3.8) is 0 Å². The number of fused-ring (bicyclic) bond motifs is 6. The van der Waals surface area contributed by atoms with Gasteiger partial charge in [-0.3, -0.25) is 9.59 Å². The van der Waals surface area contributed by atoms with Gasteiger partial charge in [0.15, 0.2) is 0 Å². The van der Waals surface area contributed by atoms with E-state index in [0.717, 1.165) is 65.0 Å². The number of carbonyl (C=O) groups excluding carboxylic acids is 4. The van der Waals surface area contributed by atoms with E-state index in [2.05, 4.69) is 21.6 Å². The summed E-state index contributed by atoms with van der Waals surface area (Å²) in [6.45, 7) is -15.3. The third-order valence-electron chi connectivity index (χ3n) is 15.1. The maximum atomic E-state index is 14.8. The molecule has 0 bridgehead atoms. The largest absolute Gasteiger partial charge is 0.484 e. The number of amides is 4. The van der Waals surface area contributed by atoms with Crippen molar-refractivity contribution in [3.05, 3.63) is 92.1 Å². The Kier molecular flexibility index (Phi) is 13.2. The van der Waals surface area contributed by atoms with Gasteiger partial charge in [-0.05, 0) is 132 Å². The van der Waals surface area contributed by atoms with Crippen LogP contribution in [0.1, 0.15) is 185 Å². The number of aliphatic hydroxyl groups excluding tert-OH is 2. The summed E-state index contributed by atoms with van der Waals surface area (Å²) >= 11 is 0. The summed E-state index contributed by atoms with van der Waals surface area (Å²) in [4.78, 5) is 72.7. The van der Waals surface area contributed by atoms with E-state index in [1.807, 2.05) is 53.7 Å². The van der Waals surface area contributed by atoms with Crippen LogP contribution in [-0.2, 0) is 40.2 Å². The summed E-state index contributed by atoms with van der Waals surface area (Å²) in [7, 11) is 0. The fourth-order valence-electron chi connectivity index (χ4n) is 10.4. The van der Waals surface area contributed by atoms with Crippen LogP contribution in [0.4, 0.5) is 9.59 Å². The SMILES string of the molecule is [2H]C1([2H])OC([2H])([2H])C([2H])([2H])N(C(=O)Oc2cc3c(c4c2C[C@H](O)[C@@](C)(CC/C=C(\C)CCC=C(C)C)O4)CN(CCC[C@@H](C(=O)O)N2Cc4c(cc(OC(=O)N5C([2H])([2H])C([2H])([2H])OC([2H])([2H])C5([2H])[2H])c5c4O[C@](C)(CC/C=C(\C)CCC=C(C)C)[C@@H](O)C5)C2=O)C3=O)C1([2H])[2H]. The summed E-state index contributed by atoms with van der Waals surface area (Å²) in [6.07, 6.45) is 4.73. The Morgan fingerprint density at radius 2 is 1.11 bits per heavy atom. The molecule has 0 radical (unpaired) electrons. The van der Waals surface area contributed by atoms with Crippen LogP contribution in [-0.4, -0.2) is 153 Å². The second kappa shape index (κ2) is 25.5. The lowest BCUT2D eigenvalue weighted by Crippen LogP contribution is -2.49. The van der Waals surface area contributed by atoms with Gasteiger partial charge in [-0.15, -0.1) is 0 Å². The first-order chi connectivity index (χ1) is 43.6. The molecule has 3 N–H and O–H groups in total. The van der Waals surface area contributed by atoms with Crippen LogP contribution in [0.5, 0.6) is 23.0 Å². The highest BCUT2D eigenvalue weighted by Gasteiger charge is 2.48. The van der Waals surface area contributed by atoms with Crippen molar-refractivity contribution in [1.29, 1.82) is 0 Å². The summed E-state index contributed by atoms with van der Waals surface area (Å²) in [5.41, 5.74) is 1.37. The van der Waals surface area contributed by atoms with Gasteiger partial charge in [-0.2, -0.15) is 0 Å².